The van der Waals surface area contributed by atoms with E-state index in [0.717, 1.165) is 30.1 Å². The third-order valence-corrected chi connectivity index (χ3v) is 3.80. The summed E-state index contributed by atoms with van der Waals surface area (Å²) in [6, 6.07) is 13.5. The smallest absolute Gasteiger partial charge is 0.210 e. The molecule has 0 amide bonds. The van der Waals surface area contributed by atoms with Gasteiger partial charge in [0.1, 0.15) is 5.84 Å². The summed E-state index contributed by atoms with van der Waals surface area (Å²) >= 11 is 0. The number of fused-ring (bicyclic) bond motifs is 3. The van der Waals surface area contributed by atoms with Gasteiger partial charge in [0.15, 0.2) is 0 Å². The number of rotatable bonds is 1. The molecule has 0 saturated heterocycles. The molecule has 3 heterocycles. The molecule has 1 aromatic carbocycles. The Morgan fingerprint density at radius 1 is 1.11 bits per heavy atom. The highest BCUT2D eigenvalue weighted by Crippen LogP contribution is 2.42. The molecule has 2 aliphatic heterocycles. The molecule has 0 saturated carbocycles. The molecule has 2 aliphatic rings. The highest BCUT2D eigenvalue weighted by atomic mass is 16.3. The van der Waals surface area contributed by atoms with Crippen LogP contribution >= 0.6 is 0 Å². The van der Waals surface area contributed by atoms with Gasteiger partial charge in [-0.15, -0.1) is 0 Å². The fraction of sp³-hybridized carbons (Fsp3) is 0.200. The van der Waals surface area contributed by atoms with Crippen LogP contribution in [-0.4, -0.2) is 33.9 Å². The molecular formula is C15H13N3O. The maximum absolute atomic E-state index is 11.3. The summed E-state index contributed by atoms with van der Waals surface area (Å²) in [7, 11) is 0. The first kappa shape index (κ1) is 10.7. The number of hydrogen-bond acceptors (Lipinski definition) is 4. The summed E-state index contributed by atoms with van der Waals surface area (Å²) in [5.41, 5.74) is 1.34. The molecule has 4 rings (SSSR count). The molecule has 4 heteroatoms. The third kappa shape index (κ3) is 1.26. The Labute approximate surface area is 111 Å². The second-order valence-electron chi connectivity index (χ2n) is 4.79. The molecule has 4 nitrogen and oxygen atoms in total. The van der Waals surface area contributed by atoms with E-state index in [9.17, 15) is 5.11 Å². The van der Waals surface area contributed by atoms with Crippen molar-refractivity contribution in [1.82, 2.24) is 9.88 Å². The van der Waals surface area contributed by atoms with Crippen molar-refractivity contribution in [2.75, 3.05) is 13.1 Å². The summed E-state index contributed by atoms with van der Waals surface area (Å²) in [6.45, 7) is 1.44. The van der Waals surface area contributed by atoms with E-state index < -0.39 is 5.72 Å². The molecule has 0 spiro atoms. The predicted molar refractivity (Wildman–Crippen MR) is 71.8 cm³/mol. The van der Waals surface area contributed by atoms with Crippen LogP contribution in [-0.2, 0) is 5.72 Å². The predicted octanol–water partition coefficient (Wildman–Crippen LogP) is 1.35. The Kier molecular flexibility index (Phi) is 2.05. The first-order valence-corrected chi connectivity index (χ1v) is 6.37. The summed E-state index contributed by atoms with van der Waals surface area (Å²) in [5, 5.41) is 11.3. The normalized spacial score (nSPS) is 24.1. The largest absolute Gasteiger partial charge is 0.362 e. The average molecular weight is 251 g/mol. The van der Waals surface area contributed by atoms with E-state index in [4.69, 9.17) is 0 Å². The number of aromatic nitrogens is 1. The van der Waals surface area contributed by atoms with Gasteiger partial charge in [-0.05, 0) is 12.1 Å². The Morgan fingerprint density at radius 2 is 1.95 bits per heavy atom. The second kappa shape index (κ2) is 3.65. The molecule has 1 aromatic heterocycles. The molecular weight excluding hydrogens is 238 g/mol. The van der Waals surface area contributed by atoms with Crippen molar-refractivity contribution in [3.63, 3.8) is 0 Å². The summed E-state index contributed by atoms with van der Waals surface area (Å²) < 4.78 is 0. The fourth-order valence-corrected chi connectivity index (χ4v) is 2.97. The van der Waals surface area contributed by atoms with Gasteiger partial charge in [0, 0.05) is 23.9 Å². The van der Waals surface area contributed by atoms with Crippen LogP contribution in [0.15, 0.2) is 53.7 Å². The number of pyridine rings is 1. The Balaban J connectivity index is 2.00. The summed E-state index contributed by atoms with van der Waals surface area (Å²) in [4.78, 5) is 10.8. The minimum Gasteiger partial charge on any atom is -0.362 e. The van der Waals surface area contributed by atoms with E-state index >= 15 is 0 Å². The third-order valence-electron chi connectivity index (χ3n) is 3.80. The Bertz CT molecular complexity index is 668. The molecule has 2 aromatic rings. The van der Waals surface area contributed by atoms with Crippen LogP contribution in [0.5, 0.6) is 0 Å². The zero-order valence-electron chi connectivity index (χ0n) is 10.3. The lowest BCUT2D eigenvalue weighted by atomic mass is 9.97. The minimum absolute atomic E-state index is 0.648. The molecule has 0 fully saturated rings. The maximum Gasteiger partial charge on any atom is 0.210 e. The second-order valence-corrected chi connectivity index (χ2v) is 4.79. The molecule has 19 heavy (non-hydrogen) atoms. The lowest BCUT2D eigenvalue weighted by molar-refractivity contribution is -0.0280. The number of aliphatic imine (C=N–C) groups is 1. The number of hydrogen-bond donors (Lipinski definition) is 1. The molecule has 0 radical (unpaired) electrons. The van der Waals surface area contributed by atoms with Crippen LogP contribution < -0.4 is 0 Å². The van der Waals surface area contributed by atoms with Crippen LogP contribution in [0.3, 0.4) is 0 Å². The van der Waals surface area contributed by atoms with Crippen molar-refractivity contribution in [3.05, 3.63) is 65.5 Å². The summed E-state index contributed by atoms with van der Waals surface area (Å²) in [6.07, 6.45) is 1.71. The van der Waals surface area contributed by atoms with Crippen LogP contribution in [0, 0.1) is 0 Å². The minimum atomic E-state index is -1.19. The van der Waals surface area contributed by atoms with Gasteiger partial charge >= 0.3 is 0 Å². The molecule has 1 atom stereocenters. The highest BCUT2D eigenvalue weighted by Gasteiger charge is 2.50. The number of benzene rings is 1. The topological polar surface area (TPSA) is 48.7 Å². The SMILES string of the molecule is O[C@@]1(c2ccccn2)c2ccccc2C2=NCCN21. The van der Waals surface area contributed by atoms with Gasteiger partial charge in [0.05, 0.1) is 12.2 Å². The van der Waals surface area contributed by atoms with Crippen LogP contribution in [0.4, 0.5) is 0 Å². The molecule has 94 valence electrons. The Hall–Kier alpha value is -2.20. The number of amidine groups is 1. The first-order valence-electron chi connectivity index (χ1n) is 6.37. The van der Waals surface area contributed by atoms with Crippen molar-refractivity contribution in [1.29, 1.82) is 0 Å². The van der Waals surface area contributed by atoms with Crippen molar-refractivity contribution in [3.8, 4) is 0 Å². The average Bonchev–Trinajstić information content (AvgIpc) is 3.04. The standard InChI is InChI=1S/C15H13N3O/c19-15(13-7-3-4-8-16-13)12-6-2-1-5-11(12)14-17-9-10-18(14)15/h1-8,19H,9-10H2/t15-/m1/s1. The van der Waals surface area contributed by atoms with Gasteiger partial charge < -0.3 is 10.0 Å². The van der Waals surface area contributed by atoms with Crippen molar-refractivity contribution in [2.45, 2.75) is 5.72 Å². The van der Waals surface area contributed by atoms with Gasteiger partial charge in [-0.2, -0.15) is 0 Å². The van der Waals surface area contributed by atoms with Crippen molar-refractivity contribution >= 4 is 5.84 Å². The number of aliphatic hydroxyl groups is 1. The Morgan fingerprint density at radius 3 is 2.79 bits per heavy atom. The lowest BCUT2D eigenvalue weighted by Gasteiger charge is -2.32. The zero-order chi connectivity index (χ0) is 12.9. The molecule has 0 aliphatic carbocycles. The molecule has 0 unspecified atom stereocenters. The van der Waals surface area contributed by atoms with E-state index in [1.807, 2.05) is 47.4 Å². The van der Waals surface area contributed by atoms with Crippen molar-refractivity contribution < 1.29 is 5.11 Å². The van der Waals surface area contributed by atoms with Gasteiger partial charge in [-0.1, -0.05) is 30.3 Å². The van der Waals surface area contributed by atoms with E-state index in [-0.39, 0.29) is 0 Å². The number of nitrogens with zero attached hydrogens (tertiary/aromatic N) is 3. The van der Waals surface area contributed by atoms with E-state index in [2.05, 4.69) is 9.98 Å². The fourth-order valence-electron chi connectivity index (χ4n) is 2.97. The van der Waals surface area contributed by atoms with Gasteiger partial charge in [-0.3, -0.25) is 9.98 Å². The van der Waals surface area contributed by atoms with E-state index in [0.29, 0.717) is 5.69 Å². The lowest BCUT2D eigenvalue weighted by Crippen LogP contribution is -2.44. The maximum atomic E-state index is 11.3. The van der Waals surface area contributed by atoms with Gasteiger partial charge in [0.25, 0.3) is 0 Å². The molecule has 1 N–H and O–H groups in total. The quantitative estimate of drug-likeness (QED) is 0.832. The van der Waals surface area contributed by atoms with E-state index in [1.165, 1.54) is 0 Å². The van der Waals surface area contributed by atoms with Crippen LogP contribution in [0.1, 0.15) is 16.8 Å². The van der Waals surface area contributed by atoms with Crippen LogP contribution in [0.2, 0.25) is 0 Å². The monoisotopic (exact) mass is 251 g/mol. The van der Waals surface area contributed by atoms with Crippen molar-refractivity contribution in [2.24, 2.45) is 4.99 Å². The van der Waals surface area contributed by atoms with Gasteiger partial charge in [-0.25, -0.2) is 0 Å². The van der Waals surface area contributed by atoms with E-state index in [1.54, 1.807) is 6.20 Å². The van der Waals surface area contributed by atoms with Crippen LogP contribution in [0.25, 0.3) is 0 Å². The first-order chi connectivity index (χ1) is 9.32. The zero-order valence-corrected chi connectivity index (χ0v) is 10.3. The highest BCUT2D eigenvalue weighted by molar-refractivity contribution is 6.05. The van der Waals surface area contributed by atoms with Gasteiger partial charge in [0.2, 0.25) is 5.72 Å². The summed E-state index contributed by atoms with van der Waals surface area (Å²) in [5.74, 6) is 0.878. The molecule has 0 bridgehead atoms.